The van der Waals surface area contributed by atoms with Crippen LogP contribution in [0, 0.1) is 5.92 Å². The van der Waals surface area contributed by atoms with Crippen molar-refractivity contribution in [3.63, 3.8) is 0 Å². The van der Waals surface area contributed by atoms with E-state index in [0.29, 0.717) is 18.8 Å². The van der Waals surface area contributed by atoms with E-state index in [1.807, 2.05) is 22.8 Å². The molecule has 1 heterocycles. The van der Waals surface area contributed by atoms with E-state index in [1.165, 1.54) is 0 Å². The molecular formula is C15H19N3O3. The minimum atomic E-state index is -0.704. The third-order valence-corrected chi connectivity index (χ3v) is 4.37. The lowest BCUT2D eigenvalue weighted by Gasteiger charge is -2.28. The zero-order chi connectivity index (χ0) is 15.0. The molecule has 3 rings (SSSR count). The summed E-state index contributed by atoms with van der Waals surface area (Å²) in [6, 6.07) is 5.83. The number of hydrogen-bond acceptors (Lipinski definition) is 4. The van der Waals surface area contributed by atoms with Gasteiger partial charge >= 0.3 is 5.97 Å². The van der Waals surface area contributed by atoms with E-state index in [0.717, 1.165) is 29.4 Å². The van der Waals surface area contributed by atoms with Crippen LogP contribution in [0.1, 0.15) is 37.3 Å². The number of imidazole rings is 1. The number of nitrogen functional groups attached to an aromatic ring is 1. The van der Waals surface area contributed by atoms with Gasteiger partial charge in [-0.3, -0.25) is 4.79 Å². The average molecular weight is 289 g/mol. The molecule has 6 heteroatoms. The van der Waals surface area contributed by atoms with Gasteiger partial charge in [-0.05, 0) is 43.4 Å². The lowest BCUT2D eigenvalue weighted by atomic mass is 9.86. The van der Waals surface area contributed by atoms with Gasteiger partial charge in [0.1, 0.15) is 0 Å². The van der Waals surface area contributed by atoms with Gasteiger partial charge in [0.25, 0.3) is 0 Å². The molecule has 1 aliphatic rings. The van der Waals surface area contributed by atoms with E-state index in [9.17, 15) is 9.90 Å². The van der Waals surface area contributed by atoms with Gasteiger partial charge in [-0.1, -0.05) is 6.07 Å². The maximum Gasteiger partial charge on any atom is 0.306 e. The number of carboxylic acid groups (broad SMARTS) is 1. The molecule has 1 aromatic carbocycles. The number of carbonyl (C=O) groups is 1. The van der Waals surface area contributed by atoms with Gasteiger partial charge in [-0.25, -0.2) is 4.98 Å². The van der Waals surface area contributed by atoms with Crippen molar-refractivity contribution in [2.45, 2.75) is 38.3 Å². The molecule has 2 aromatic rings. The normalized spacial score (nSPS) is 22.5. The fourth-order valence-corrected chi connectivity index (χ4v) is 3.23. The van der Waals surface area contributed by atoms with Crippen molar-refractivity contribution < 1.29 is 15.0 Å². The Morgan fingerprint density at radius 2 is 2.05 bits per heavy atom. The first-order chi connectivity index (χ1) is 10.1. The van der Waals surface area contributed by atoms with Gasteiger partial charge in [0.05, 0.1) is 23.6 Å². The number of rotatable bonds is 3. The molecule has 1 fully saturated rings. The van der Waals surface area contributed by atoms with E-state index in [4.69, 9.17) is 10.8 Å². The van der Waals surface area contributed by atoms with Crippen molar-refractivity contribution in [3.8, 4) is 0 Å². The number of carboxylic acids is 1. The molecule has 1 aliphatic carbocycles. The van der Waals surface area contributed by atoms with Crippen LogP contribution >= 0.6 is 0 Å². The Bertz CT molecular complexity index is 672. The number of anilines is 1. The summed E-state index contributed by atoms with van der Waals surface area (Å²) in [6.45, 7) is -0.0214. The maximum atomic E-state index is 11.0. The molecule has 1 saturated carbocycles. The molecule has 21 heavy (non-hydrogen) atoms. The molecule has 0 saturated heterocycles. The van der Waals surface area contributed by atoms with Crippen molar-refractivity contribution in [2.24, 2.45) is 5.92 Å². The summed E-state index contributed by atoms with van der Waals surface area (Å²) in [5.41, 5.74) is 8.58. The predicted molar refractivity (Wildman–Crippen MR) is 78.7 cm³/mol. The van der Waals surface area contributed by atoms with Crippen LogP contribution in [-0.4, -0.2) is 25.7 Å². The first kappa shape index (κ1) is 13.9. The highest BCUT2D eigenvalue weighted by Gasteiger charge is 2.28. The molecule has 0 amide bonds. The van der Waals surface area contributed by atoms with Gasteiger partial charge in [0, 0.05) is 6.04 Å². The lowest BCUT2D eigenvalue weighted by Crippen LogP contribution is -2.24. The molecule has 0 unspecified atom stereocenters. The van der Waals surface area contributed by atoms with Crippen LogP contribution in [0.2, 0.25) is 0 Å². The first-order valence-electron chi connectivity index (χ1n) is 7.20. The summed E-state index contributed by atoms with van der Waals surface area (Å²) in [6.07, 6.45) is 2.95. The number of nitrogens with two attached hydrogens (primary N) is 1. The number of hydrogen-bond donors (Lipinski definition) is 3. The molecule has 1 aromatic heterocycles. The van der Waals surface area contributed by atoms with Crippen LogP contribution in [0.4, 0.5) is 5.95 Å². The summed E-state index contributed by atoms with van der Waals surface area (Å²) in [4.78, 5) is 15.4. The lowest BCUT2D eigenvalue weighted by molar-refractivity contribution is -0.143. The third-order valence-electron chi connectivity index (χ3n) is 4.37. The van der Waals surface area contributed by atoms with Crippen molar-refractivity contribution in [2.75, 3.05) is 5.73 Å². The van der Waals surface area contributed by atoms with Gasteiger partial charge in [0.2, 0.25) is 5.95 Å². The standard InChI is InChI=1S/C15H19N3O3/c16-15-17-12-7-9(8-19)1-6-13(12)18(15)11-4-2-10(3-5-11)14(20)21/h1,6-7,10-11,19H,2-5,8H2,(H2,16,17)(H,20,21)/t10-,11+. The quantitative estimate of drug-likeness (QED) is 0.801. The van der Waals surface area contributed by atoms with Gasteiger partial charge in [-0.15, -0.1) is 0 Å². The largest absolute Gasteiger partial charge is 0.481 e. The molecule has 0 spiro atoms. The third kappa shape index (κ3) is 2.47. The monoisotopic (exact) mass is 289 g/mol. The summed E-state index contributed by atoms with van der Waals surface area (Å²) >= 11 is 0. The van der Waals surface area contributed by atoms with E-state index in [2.05, 4.69) is 4.98 Å². The molecule has 0 bridgehead atoms. The Morgan fingerprint density at radius 3 is 2.67 bits per heavy atom. The van der Waals surface area contributed by atoms with Crippen LogP contribution in [0.3, 0.4) is 0 Å². The minimum Gasteiger partial charge on any atom is -0.481 e. The predicted octanol–water partition coefficient (Wildman–Crippen LogP) is 1.93. The summed E-state index contributed by atoms with van der Waals surface area (Å²) in [5, 5.41) is 18.3. The highest BCUT2D eigenvalue weighted by molar-refractivity contribution is 5.79. The maximum absolute atomic E-state index is 11.0. The second-order valence-corrected chi connectivity index (χ2v) is 5.66. The molecule has 0 aliphatic heterocycles. The Morgan fingerprint density at radius 1 is 1.33 bits per heavy atom. The number of fused-ring (bicyclic) bond motifs is 1. The van der Waals surface area contributed by atoms with Gasteiger partial charge < -0.3 is 20.5 Å². The van der Waals surface area contributed by atoms with Crippen LogP contribution in [0.15, 0.2) is 18.2 Å². The molecule has 4 N–H and O–H groups in total. The average Bonchev–Trinajstić information content (AvgIpc) is 2.82. The SMILES string of the molecule is Nc1nc2cc(CO)ccc2n1[C@H]1CC[C@@H](C(=O)O)CC1. The highest BCUT2D eigenvalue weighted by atomic mass is 16.4. The van der Waals surface area contributed by atoms with Gasteiger partial charge in [-0.2, -0.15) is 0 Å². The first-order valence-corrected chi connectivity index (χ1v) is 7.20. The van der Waals surface area contributed by atoms with Crippen LogP contribution in [-0.2, 0) is 11.4 Å². The Hall–Kier alpha value is -2.08. The minimum absolute atomic E-state index is 0.0214. The number of aliphatic hydroxyl groups is 1. The molecule has 0 atom stereocenters. The van der Waals surface area contributed by atoms with E-state index in [1.54, 1.807) is 0 Å². The molecule has 0 radical (unpaired) electrons. The van der Waals surface area contributed by atoms with Crippen molar-refractivity contribution >= 4 is 23.0 Å². The second kappa shape index (κ2) is 5.37. The van der Waals surface area contributed by atoms with Gasteiger partial charge in [0.15, 0.2) is 0 Å². The number of benzene rings is 1. The number of nitrogens with zero attached hydrogens (tertiary/aromatic N) is 2. The Balaban J connectivity index is 1.90. The van der Waals surface area contributed by atoms with Crippen molar-refractivity contribution in [1.29, 1.82) is 0 Å². The Labute approximate surface area is 122 Å². The summed E-state index contributed by atoms with van der Waals surface area (Å²) in [7, 11) is 0. The van der Waals surface area contributed by atoms with E-state index < -0.39 is 5.97 Å². The second-order valence-electron chi connectivity index (χ2n) is 5.66. The summed E-state index contributed by atoms with van der Waals surface area (Å²) < 4.78 is 2.01. The van der Waals surface area contributed by atoms with E-state index >= 15 is 0 Å². The number of aliphatic hydroxyl groups excluding tert-OH is 1. The topological polar surface area (TPSA) is 101 Å². The van der Waals surface area contributed by atoms with Crippen LogP contribution < -0.4 is 5.73 Å². The summed E-state index contributed by atoms with van der Waals surface area (Å²) in [5.74, 6) is -0.485. The fourth-order valence-electron chi connectivity index (χ4n) is 3.23. The molecule has 112 valence electrons. The number of aliphatic carboxylic acids is 1. The fraction of sp³-hybridized carbons (Fsp3) is 0.467. The van der Waals surface area contributed by atoms with Crippen molar-refractivity contribution in [1.82, 2.24) is 9.55 Å². The van der Waals surface area contributed by atoms with E-state index in [-0.39, 0.29) is 18.6 Å². The number of aromatic nitrogens is 2. The zero-order valence-corrected chi connectivity index (χ0v) is 11.7. The van der Waals surface area contributed by atoms with Crippen molar-refractivity contribution in [3.05, 3.63) is 23.8 Å². The van der Waals surface area contributed by atoms with Crippen LogP contribution in [0.5, 0.6) is 0 Å². The highest BCUT2D eigenvalue weighted by Crippen LogP contribution is 2.36. The molecule has 6 nitrogen and oxygen atoms in total. The zero-order valence-electron chi connectivity index (χ0n) is 11.7. The van der Waals surface area contributed by atoms with Crippen LogP contribution in [0.25, 0.3) is 11.0 Å². The molecular weight excluding hydrogens is 270 g/mol. The smallest absolute Gasteiger partial charge is 0.306 e. The Kier molecular flexibility index (Phi) is 3.55.